The van der Waals surface area contributed by atoms with Crippen molar-refractivity contribution in [1.82, 2.24) is 9.80 Å². The van der Waals surface area contributed by atoms with Crippen LogP contribution in [0.2, 0.25) is 0 Å². The highest BCUT2D eigenvalue weighted by Gasteiger charge is 2.34. The van der Waals surface area contributed by atoms with Gasteiger partial charge in [0.15, 0.2) is 12.2 Å². The van der Waals surface area contributed by atoms with Gasteiger partial charge in [-0.25, -0.2) is 0 Å². The summed E-state index contributed by atoms with van der Waals surface area (Å²) < 4.78 is 0. The summed E-state index contributed by atoms with van der Waals surface area (Å²) in [6.07, 6.45) is -1.79. The van der Waals surface area contributed by atoms with Gasteiger partial charge in [0.1, 0.15) is 0 Å². The van der Waals surface area contributed by atoms with Crippen LogP contribution < -0.4 is 10.2 Å². The number of nitrogens with zero attached hydrogens (tertiary/aromatic N) is 3. The van der Waals surface area contributed by atoms with Crippen LogP contribution in [0.25, 0.3) is 0 Å². The van der Waals surface area contributed by atoms with E-state index < -0.39 is 24.0 Å². The smallest absolute Gasteiger partial charge is 0.256 e. The van der Waals surface area contributed by atoms with Crippen LogP contribution in [0.15, 0.2) is 24.3 Å². The second-order valence-electron chi connectivity index (χ2n) is 7.25. The third-order valence-corrected chi connectivity index (χ3v) is 5.24. The van der Waals surface area contributed by atoms with Crippen molar-refractivity contribution in [3.63, 3.8) is 0 Å². The lowest BCUT2D eigenvalue weighted by Crippen LogP contribution is -2.48. The topological polar surface area (TPSA) is 96.4 Å². The number of anilines is 2. The van der Waals surface area contributed by atoms with E-state index in [1.54, 1.807) is 12.1 Å². The highest BCUT2D eigenvalue weighted by molar-refractivity contribution is 5.98. The number of rotatable bonds is 5. The van der Waals surface area contributed by atoms with Crippen molar-refractivity contribution in [2.24, 2.45) is 0 Å². The lowest BCUT2D eigenvalue weighted by molar-refractivity contribution is -0.150. The summed E-state index contributed by atoms with van der Waals surface area (Å²) in [7, 11) is 2.10. The Balaban J connectivity index is 1.54. The molecule has 0 radical (unpaired) electrons. The number of hydrogen-bond acceptors (Lipinski definition) is 6. The summed E-state index contributed by atoms with van der Waals surface area (Å²) >= 11 is 0. The van der Waals surface area contributed by atoms with Gasteiger partial charge in [0.2, 0.25) is 0 Å². The summed E-state index contributed by atoms with van der Waals surface area (Å²) in [6, 6.07) is 7.35. The summed E-state index contributed by atoms with van der Waals surface area (Å²) in [5.74, 6) is -1.39. The van der Waals surface area contributed by atoms with E-state index in [1.807, 2.05) is 12.1 Å². The standard InChI is InChI=1S/C19H28N4O4/c1-21-10-12-22(13-11-21)15-6-4-14(5-7-15)20-18(26)16(24)17(25)19(27)23-8-2-3-9-23/h4-7,16-17,24-25H,2-3,8-13H2,1H3,(H,20,26)/t16-,17-/m1/s1. The number of aliphatic hydroxyl groups is 2. The minimum absolute atomic E-state index is 0.512. The van der Waals surface area contributed by atoms with Crippen molar-refractivity contribution in [3.8, 4) is 0 Å². The average molecular weight is 376 g/mol. The average Bonchev–Trinajstić information content (AvgIpc) is 3.22. The van der Waals surface area contributed by atoms with Crippen LogP contribution in [-0.4, -0.2) is 90.4 Å². The number of aliphatic hydroxyl groups excluding tert-OH is 2. The van der Waals surface area contributed by atoms with Crippen LogP contribution in [0.1, 0.15) is 12.8 Å². The normalized spacial score (nSPS) is 20.4. The molecular weight excluding hydrogens is 348 g/mol. The van der Waals surface area contributed by atoms with Gasteiger partial charge in [0.25, 0.3) is 11.8 Å². The lowest BCUT2D eigenvalue weighted by Gasteiger charge is -2.34. The van der Waals surface area contributed by atoms with E-state index in [0.29, 0.717) is 18.8 Å². The van der Waals surface area contributed by atoms with E-state index in [1.165, 1.54) is 4.90 Å². The molecule has 2 heterocycles. The number of likely N-dealkylation sites (tertiary alicyclic amines) is 1. The Hall–Kier alpha value is -2.16. The Bertz CT molecular complexity index is 652. The van der Waals surface area contributed by atoms with Gasteiger partial charge in [0.05, 0.1) is 0 Å². The highest BCUT2D eigenvalue weighted by atomic mass is 16.3. The Labute approximate surface area is 159 Å². The molecule has 3 rings (SSSR count). The van der Waals surface area contributed by atoms with E-state index in [9.17, 15) is 19.8 Å². The number of amides is 2. The van der Waals surface area contributed by atoms with Crippen LogP contribution in [0.5, 0.6) is 0 Å². The molecule has 0 spiro atoms. The minimum Gasteiger partial charge on any atom is -0.380 e. The van der Waals surface area contributed by atoms with Gasteiger partial charge >= 0.3 is 0 Å². The fraction of sp³-hybridized carbons (Fsp3) is 0.579. The first kappa shape index (κ1) is 19.6. The number of hydrogen-bond donors (Lipinski definition) is 3. The zero-order valence-corrected chi connectivity index (χ0v) is 15.7. The van der Waals surface area contributed by atoms with Gasteiger partial charge in [-0.15, -0.1) is 0 Å². The summed E-state index contributed by atoms with van der Waals surface area (Å²) in [5, 5.41) is 22.6. The Morgan fingerprint density at radius 3 is 2.11 bits per heavy atom. The maximum atomic E-state index is 12.2. The second-order valence-corrected chi connectivity index (χ2v) is 7.25. The molecule has 2 aliphatic rings. The predicted molar refractivity (Wildman–Crippen MR) is 103 cm³/mol. The second kappa shape index (κ2) is 8.69. The molecule has 148 valence electrons. The number of nitrogens with one attached hydrogen (secondary N) is 1. The molecule has 1 aromatic carbocycles. The van der Waals surface area contributed by atoms with E-state index in [-0.39, 0.29) is 0 Å². The van der Waals surface area contributed by atoms with E-state index in [2.05, 4.69) is 22.2 Å². The molecule has 2 amide bonds. The molecule has 2 aliphatic heterocycles. The molecule has 0 unspecified atom stereocenters. The van der Waals surface area contributed by atoms with Gasteiger partial charge < -0.3 is 30.2 Å². The molecule has 3 N–H and O–H groups in total. The van der Waals surface area contributed by atoms with Crippen LogP contribution in [-0.2, 0) is 9.59 Å². The third-order valence-electron chi connectivity index (χ3n) is 5.24. The Kier molecular flexibility index (Phi) is 6.30. The van der Waals surface area contributed by atoms with Crippen LogP contribution in [0.3, 0.4) is 0 Å². The molecule has 0 bridgehead atoms. The van der Waals surface area contributed by atoms with Gasteiger partial charge in [-0.1, -0.05) is 0 Å². The number of carbonyl (C=O) groups is 2. The Morgan fingerprint density at radius 2 is 1.52 bits per heavy atom. The SMILES string of the molecule is CN1CCN(c2ccc(NC(=O)[C@H](O)[C@@H](O)C(=O)N3CCCC3)cc2)CC1. The molecule has 1 aromatic rings. The molecule has 0 aliphatic carbocycles. The third kappa shape index (κ3) is 4.77. The molecule has 8 heteroatoms. The van der Waals surface area contributed by atoms with Crippen molar-refractivity contribution in [3.05, 3.63) is 24.3 Å². The molecule has 0 aromatic heterocycles. The maximum Gasteiger partial charge on any atom is 0.256 e. The zero-order valence-electron chi connectivity index (χ0n) is 15.7. The van der Waals surface area contributed by atoms with Crippen LogP contribution in [0, 0.1) is 0 Å². The van der Waals surface area contributed by atoms with Gasteiger partial charge in [-0.3, -0.25) is 9.59 Å². The van der Waals surface area contributed by atoms with Crippen molar-refractivity contribution < 1.29 is 19.8 Å². The van der Waals surface area contributed by atoms with E-state index in [0.717, 1.165) is 44.7 Å². The summed E-state index contributed by atoms with van der Waals surface area (Å²) in [4.78, 5) is 30.3. The number of likely N-dealkylation sites (N-methyl/N-ethyl adjacent to an activating group) is 1. The largest absolute Gasteiger partial charge is 0.380 e. The van der Waals surface area contributed by atoms with Crippen LogP contribution in [0.4, 0.5) is 11.4 Å². The van der Waals surface area contributed by atoms with E-state index >= 15 is 0 Å². The summed E-state index contributed by atoms with van der Waals surface area (Å²) in [6.45, 7) is 5.02. The number of carbonyl (C=O) groups excluding carboxylic acids is 2. The first-order valence-electron chi connectivity index (χ1n) is 9.45. The van der Waals surface area contributed by atoms with Crippen molar-refractivity contribution in [2.45, 2.75) is 25.0 Å². The molecule has 2 fully saturated rings. The van der Waals surface area contributed by atoms with Gasteiger partial charge in [-0.2, -0.15) is 0 Å². The van der Waals surface area contributed by atoms with Crippen molar-refractivity contribution in [2.75, 3.05) is 56.5 Å². The van der Waals surface area contributed by atoms with E-state index in [4.69, 9.17) is 0 Å². The fourth-order valence-corrected chi connectivity index (χ4v) is 3.44. The zero-order chi connectivity index (χ0) is 19.4. The predicted octanol–water partition coefficient (Wildman–Crippen LogP) is -0.279. The number of benzene rings is 1. The highest BCUT2D eigenvalue weighted by Crippen LogP contribution is 2.20. The van der Waals surface area contributed by atoms with Gasteiger partial charge in [-0.05, 0) is 44.2 Å². The molecule has 0 saturated carbocycles. The number of piperazine rings is 1. The van der Waals surface area contributed by atoms with Crippen molar-refractivity contribution in [1.29, 1.82) is 0 Å². The first-order chi connectivity index (χ1) is 13.0. The quantitative estimate of drug-likeness (QED) is 0.654. The molecule has 8 nitrogen and oxygen atoms in total. The lowest BCUT2D eigenvalue weighted by atomic mass is 10.1. The molecule has 2 atom stereocenters. The molecule has 27 heavy (non-hydrogen) atoms. The molecule has 2 saturated heterocycles. The fourth-order valence-electron chi connectivity index (χ4n) is 3.44. The van der Waals surface area contributed by atoms with Crippen LogP contribution >= 0.6 is 0 Å². The monoisotopic (exact) mass is 376 g/mol. The molecular formula is C19H28N4O4. The maximum absolute atomic E-state index is 12.2. The van der Waals surface area contributed by atoms with Crippen molar-refractivity contribution >= 4 is 23.2 Å². The van der Waals surface area contributed by atoms with Gasteiger partial charge in [0, 0.05) is 50.6 Å². The Morgan fingerprint density at radius 1 is 0.926 bits per heavy atom. The summed E-state index contributed by atoms with van der Waals surface area (Å²) in [5.41, 5.74) is 1.59. The minimum atomic E-state index is -1.80. The first-order valence-corrected chi connectivity index (χ1v) is 9.45.